The van der Waals surface area contributed by atoms with E-state index in [4.69, 9.17) is 4.89 Å². The van der Waals surface area contributed by atoms with Crippen molar-refractivity contribution in [3.63, 3.8) is 0 Å². The first-order chi connectivity index (χ1) is 10.3. The van der Waals surface area contributed by atoms with E-state index in [1.165, 1.54) is 24.3 Å². The number of nitrogens with one attached hydrogen (secondary N) is 1. The number of nitro groups is 1. The molecular formula is C10H7KN3O7PS. The molecule has 13 heteroatoms. The molecule has 0 saturated heterocycles. The first-order valence-electron chi connectivity index (χ1n) is 5.50. The number of thiazole rings is 1. The number of hydrogen-bond acceptors (Lipinski definition) is 8. The van der Waals surface area contributed by atoms with Gasteiger partial charge >= 0.3 is 64.2 Å². The Balaban J connectivity index is 0.00000264. The number of rotatable bonds is 5. The number of benzene rings is 1. The van der Waals surface area contributed by atoms with Gasteiger partial charge in [0.25, 0.3) is 5.91 Å². The van der Waals surface area contributed by atoms with Crippen molar-refractivity contribution in [2.75, 3.05) is 5.32 Å². The van der Waals surface area contributed by atoms with Crippen LogP contribution in [0.2, 0.25) is 0 Å². The van der Waals surface area contributed by atoms with Crippen molar-refractivity contribution in [2.24, 2.45) is 0 Å². The fraction of sp³-hybridized carbons (Fsp3) is 0. The molecule has 10 nitrogen and oxygen atoms in total. The van der Waals surface area contributed by atoms with Crippen LogP contribution in [-0.4, -0.2) is 20.7 Å². The van der Waals surface area contributed by atoms with Crippen LogP contribution >= 0.6 is 19.2 Å². The monoisotopic (exact) mass is 383 g/mol. The van der Waals surface area contributed by atoms with Crippen LogP contribution in [0.1, 0.15) is 10.4 Å². The third-order valence-electron chi connectivity index (χ3n) is 2.24. The Morgan fingerprint density at radius 3 is 2.65 bits per heavy atom. The average molecular weight is 383 g/mol. The SMILES string of the molecule is O=C(Nc1ncc([N+](=O)[O-])s1)c1ccccc1OP(=O)([O-])O.[K+]. The van der Waals surface area contributed by atoms with Crippen LogP contribution in [0.4, 0.5) is 10.1 Å². The van der Waals surface area contributed by atoms with Gasteiger partial charge in [-0.05, 0) is 23.5 Å². The van der Waals surface area contributed by atoms with Crippen molar-refractivity contribution in [3.8, 4) is 5.75 Å². The van der Waals surface area contributed by atoms with Gasteiger partial charge in [0.1, 0.15) is 11.9 Å². The summed E-state index contributed by atoms with van der Waals surface area (Å²) in [6, 6.07) is 5.26. The predicted octanol–water partition coefficient (Wildman–Crippen LogP) is -1.85. The van der Waals surface area contributed by atoms with E-state index < -0.39 is 18.7 Å². The van der Waals surface area contributed by atoms with Gasteiger partial charge in [-0.1, -0.05) is 12.1 Å². The van der Waals surface area contributed by atoms with Crippen molar-refractivity contribution in [2.45, 2.75) is 0 Å². The molecule has 0 aliphatic heterocycles. The summed E-state index contributed by atoms with van der Waals surface area (Å²) in [5.41, 5.74) is -0.189. The number of carbonyl (C=O) groups excluding carboxylic acids is 1. The summed E-state index contributed by atoms with van der Waals surface area (Å²) in [7, 11) is -5.08. The Labute approximate surface area is 175 Å². The maximum atomic E-state index is 12.0. The van der Waals surface area contributed by atoms with Gasteiger partial charge in [-0.15, -0.1) is 0 Å². The van der Waals surface area contributed by atoms with Crippen LogP contribution in [0.5, 0.6) is 5.75 Å². The molecule has 0 saturated carbocycles. The van der Waals surface area contributed by atoms with Crippen molar-refractivity contribution >= 4 is 35.2 Å². The van der Waals surface area contributed by atoms with Crippen LogP contribution < -0.4 is 66.1 Å². The summed E-state index contributed by atoms with van der Waals surface area (Å²) in [6.45, 7) is 0. The largest absolute Gasteiger partial charge is 1.00 e. The van der Waals surface area contributed by atoms with Crippen molar-refractivity contribution < 1.29 is 80.0 Å². The smallest absolute Gasteiger partial charge is 0.746 e. The third-order valence-corrected chi connectivity index (χ3v) is 3.53. The van der Waals surface area contributed by atoms with Crippen LogP contribution in [-0.2, 0) is 4.57 Å². The van der Waals surface area contributed by atoms with Gasteiger partial charge in [0.15, 0.2) is 5.13 Å². The minimum atomic E-state index is -5.08. The number of phosphoric acid groups is 1. The topological polar surface area (TPSA) is 155 Å². The average Bonchev–Trinajstić information content (AvgIpc) is 2.86. The van der Waals surface area contributed by atoms with Crippen LogP contribution in [0.3, 0.4) is 0 Å². The van der Waals surface area contributed by atoms with E-state index in [-0.39, 0.29) is 72.8 Å². The molecule has 0 aliphatic rings. The van der Waals surface area contributed by atoms with Crippen LogP contribution in [0.15, 0.2) is 30.5 Å². The summed E-state index contributed by atoms with van der Waals surface area (Å²) in [5.74, 6) is -1.18. The molecule has 1 amide bonds. The zero-order valence-corrected chi connectivity index (χ0v) is 16.4. The molecule has 1 atom stereocenters. The zero-order chi connectivity index (χ0) is 16.3. The number of nitrogens with zero attached hydrogens (tertiary/aromatic N) is 2. The van der Waals surface area contributed by atoms with E-state index >= 15 is 0 Å². The number of para-hydroxylation sites is 1. The summed E-state index contributed by atoms with van der Waals surface area (Å²) < 4.78 is 15.1. The van der Waals surface area contributed by atoms with Gasteiger partial charge in [-0.2, -0.15) is 0 Å². The molecule has 1 aromatic carbocycles. The summed E-state index contributed by atoms with van der Waals surface area (Å²) in [5, 5.41) is 12.5. The predicted molar refractivity (Wildman–Crippen MR) is 73.6 cm³/mol. The first-order valence-corrected chi connectivity index (χ1v) is 7.81. The van der Waals surface area contributed by atoms with E-state index in [1.54, 1.807) is 0 Å². The number of aromatic nitrogens is 1. The molecule has 0 bridgehead atoms. The molecule has 1 unspecified atom stereocenters. The van der Waals surface area contributed by atoms with Gasteiger partial charge in [0.2, 0.25) is 0 Å². The molecule has 0 fully saturated rings. The van der Waals surface area contributed by atoms with Gasteiger partial charge in [-0.3, -0.25) is 24.8 Å². The standard InChI is InChI=1S/C10H8N3O7PS.K/c14-9(12-10-11-5-8(22-10)13(15)16)6-3-1-2-4-7(6)20-21(17,18)19;/h1-5H,(H,11,12,14)(H2,17,18,19);/q;+1/p-1. The van der Waals surface area contributed by atoms with E-state index in [1.807, 2.05) is 0 Å². The van der Waals surface area contributed by atoms with Crippen LogP contribution in [0.25, 0.3) is 0 Å². The zero-order valence-electron chi connectivity index (χ0n) is 11.5. The summed E-state index contributed by atoms with van der Waals surface area (Å²) >= 11 is 0.634. The molecule has 23 heavy (non-hydrogen) atoms. The Morgan fingerprint density at radius 1 is 1.43 bits per heavy atom. The van der Waals surface area contributed by atoms with Gasteiger partial charge < -0.3 is 14.3 Å². The number of amides is 1. The van der Waals surface area contributed by atoms with E-state index in [0.29, 0.717) is 11.3 Å². The molecule has 1 heterocycles. The molecule has 2 N–H and O–H groups in total. The fourth-order valence-corrected chi connectivity index (χ4v) is 2.47. The van der Waals surface area contributed by atoms with Crippen molar-refractivity contribution in [3.05, 3.63) is 46.1 Å². The second-order valence-electron chi connectivity index (χ2n) is 3.77. The Bertz CT molecular complexity index is 777. The first kappa shape index (κ1) is 20.4. The Morgan fingerprint density at radius 2 is 2.09 bits per heavy atom. The minimum absolute atomic E-state index is 0. The number of carbonyl (C=O) groups is 1. The second kappa shape index (κ2) is 8.42. The van der Waals surface area contributed by atoms with Crippen molar-refractivity contribution in [1.29, 1.82) is 0 Å². The Hall–Kier alpha value is -0.694. The number of hydrogen-bond donors (Lipinski definition) is 2. The van der Waals surface area contributed by atoms with E-state index in [9.17, 15) is 24.4 Å². The van der Waals surface area contributed by atoms with Gasteiger partial charge in [0.05, 0.1) is 10.5 Å². The normalized spacial score (nSPS) is 12.6. The van der Waals surface area contributed by atoms with E-state index in [0.717, 1.165) is 6.20 Å². The van der Waals surface area contributed by atoms with Crippen LogP contribution in [0, 0.1) is 10.1 Å². The Kier molecular flexibility index (Phi) is 7.45. The summed E-state index contributed by atoms with van der Waals surface area (Å²) in [6.07, 6.45) is 0.974. The molecule has 116 valence electrons. The fourth-order valence-electron chi connectivity index (χ4n) is 1.43. The molecule has 0 spiro atoms. The maximum Gasteiger partial charge on any atom is 1.00 e. The number of anilines is 1. The minimum Gasteiger partial charge on any atom is -0.746 e. The molecule has 0 radical (unpaired) electrons. The molecule has 0 aliphatic carbocycles. The van der Waals surface area contributed by atoms with Gasteiger partial charge in [0, 0.05) is 0 Å². The van der Waals surface area contributed by atoms with Gasteiger partial charge in [-0.25, -0.2) is 4.98 Å². The molecule has 2 aromatic rings. The number of phosphoric ester groups is 1. The summed E-state index contributed by atoms with van der Waals surface area (Å²) in [4.78, 5) is 45.0. The second-order valence-corrected chi connectivity index (χ2v) is 5.90. The quantitative estimate of drug-likeness (QED) is 0.264. The third kappa shape index (κ3) is 6.02. The maximum absolute atomic E-state index is 12.0. The van der Waals surface area contributed by atoms with E-state index in [2.05, 4.69) is 14.8 Å². The molecular weight excluding hydrogens is 376 g/mol. The van der Waals surface area contributed by atoms with Crippen molar-refractivity contribution in [1.82, 2.24) is 4.98 Å². The molecule has 1 aromatic heterocycles. The molecule has 2 rings (SSSR count).